The van der Waals surface area contributed by atoms with Gasteiger partial charge >= 0.3 is 0 Å². The van der Waals surface area contributed by atoms with Gasteiger partial charge in [0.05, 0.1) is 7.05 Å². The first-order valence-corrected chi connectivity index (χ1v) is 4.35. The summed E-state index contributed by atoms with van der Waals surface area (Å²) in [6, 6.07) is 4.94. The lowest BCUT2D eigenvalue weighted by Crippen LogP contribution is -2.36. The summed E-state index contributed by atoms with van der Waals surface area (Å²) in [6.07, 6.45) is 0. The molecule has 1 heterocycles. The van der Waals surface area contributed by atoms with Crippen LogP contribution in [0.1, 0.15) is 17.3 Å². The Morgan fingerprint density at radius 1 is 1.57 bits per heavy atom. The molecule has 1 aliphatic rings. The van der Waals surface area contributed by atoms with E-state index < -0.39 is 4.65 Å². The third kappa shape index (κ3) is 1.29. The average Bonchev–Trinajstić information content (AvgIpc) is 2.42. The van der Waals surface area contributed by atoms with Gasteiger partial charge in [0.2, 0.25) is 6.73 Å². The van der Waals surface area contributed by atoms with Crippen molar-refractivity contribution in [3.05, 3.63) is 29.0 Å². The zero-order valence-electron chi connectivity index (χ0n) is 8.11. The van der Waals surface area contributed by atoms with Gasteiger partial charge in [0.1, 0.15) is 0 Å². The number of hydroxylamine groups is 2. The number of carbonyl (C=O) groups is 1. The minimum Gasteiger partial charge on any atom is -0.625 e. The average molecular weight is 193 g/mol. The van der Waals surface area contributed by atoms with Crippen LogP contribution in [0.3, 0.4) is 0 Å². The highest BCUT2D eigenvalue weighted by Gasteiger charge is 2.28. The summed E-state index contributed by atoms with van der Waals surface area (Å²) >= 11 is 0. The van der Waals surface area contributed by atoms with Gasteiger partial charge in [-0.3, -0.25) is 9.44 Å². The van der Waals surface area contributed by atoms with Crippen LogP contribution in [0, 0.1) is 5.21 Å². The molecule has 0 spiro atoms. The molecule has 1 atom stereocenters. The Morgan fingerprint density at radius 3 is 2.93 bits per heavy atom. The Hall–Kier alpha value is -1.39. The van der Waals surface area contributed by atoms with Crippen molar-refractivity contribution in [3.63, 3.8) is 0 Å². The summed E-state index contributed by atoms with van der Waals surface area (Å²) in [4.78, 5) is 11.1. The van der Waals surface area contributed by atoms with Crippen LogP contribution in [-0.2, 0) is 0 Å². The maximum atomic E-state index is 11.7. The van der Waals surface area contributed by atoms with Gasteiger partial charge < -0.3 is 9.94 Å². The van der Waals surface area contributed by atoms with Gasteiger partial charge in [-0.1, -0.05) is 0 Å². The standard InChI is InChI=1S/C10H11NO3/c1-7(12)8-3-4-9-10(5-8)14-6-11(9,2)13/h3-5H,6H2,1-2H3. The second kappa shape index (κ2) is 2.80. The molecule has 4 nitrogen and oxygen atoms in total. The summed E-state index contributed by atoms with van der Waals surface area (Å²) < 4.78 is 4.68. The van der Waals surface area contributed by atoms with Crippen molar-refractivity contribution in [2.24, 2.45) is 0 Å². The molecule has 0 bridgehead atoms. The minimum atomic E-state index is -0.534. The van der Waals surface area contributed by atoms with Crippen molar-refractivity contribution in [1.29, 1.82) is 0 Å². The highest BCUT2D eigenvalue weighted by atomic mass is 16.6. The molecule has 0 radical (unpaired) electrons. The van der Waals surface area contributed by atoms with Crippen molar-refractivity contribution in [1.82, 2.24) is 4.65 Å². The number of hydrogen-bond acceptors (Lipinski definition) is 3. The van der Waals surface area contributed by atoms with Crippen LogP contribution in [0.15, 0.2) is 18.2 Å². The highest BCUT2D eigenvalue weighted by Crippen LogP contribution is 2.37. The molecule has 74 valence electrons. The van der Waals surface area contributed by atoms with Crippen molar-refractivity contribution >= 4 is 11.5 Å². The van der Waals surface area contributed by atoms with Crippen LogP contribution in [-0.4, -0.2) is 19.6 Å². The Morgan fingerprint density at radius 2 is 2.29 bits per heavy atom. The van der Waals surface area contributed by atoms with Crippen molar-refractivity contribution in [2.45, 2.75) is 6.92 Å². The molecule has 0 aromatic heterocycles. The summed E-state index contributed by atoms with van der Waals surface area (Å²) in [5, 5.41) is 11.7. The number of fused-ring (bicyclic) bond motifs is 1. The lowest BCUT2D eigenvalue weighted by atomic mass is 10.1. The number of quaternary nitrogens is 1. The van der Waals surface area contributed by atoms with Crippen molar-refractivity contribution in [2.75, 3.05) is 13.8 Å². The summed E-state index contributed by atoms with van der Waals surface area (Å²) in [5.74, 6) is 0.499. The predicted molar refractivity (Wildman–Crippen MR) is 53.0 cm³/mol. The molecule has 1 aromatic carbocycles. The lowest BCUT2D eigenvalue weighted by molar-refractivity contribution is 0.101. The number of carbonyl (C=O) groups excluding carboxylic acids is 1. The van der Waals surface area contributed by atoms with Crippen molar-refractivity contribution in [3.8, 4) is 5.75 Å². The van der Waals surface area contributed by atoms with Gasteiger partial charge in [-0.2, -0.15) is 0 Å². The van der Waals surface area contributed by atoms with Gasteiger partial charge in [0.15, 0.2) is 17.2 Å². The SMILES string of the molecule is CC(=O)c1ccc2c(c1)OC[N+]2(C)[O-]. The molecular formula is C10H11NO3. The molecule has 0 fully saturated rings. The van der Waals surface area contributed by atoms with Gasteiger partial charge in [0.25, 0.3) is 0 Å². The van der Waals surface area contributed by atoms with E-state index in [-0.39, 0.29) is 12.5 Å². The van der Waals surface area contributed by atoms with E-state index in [1.54, 1.807) is 18.2 Å². The smallest absolute Gasteiger partial charge is 0.228 e. The molecular weight excluding hydrogens is 182 g/mol. The molecule has 1 aromatic rings. The van der Waals surface area contributed by atoms with Crippen LogP contribution < -0.4 is 9.38 Å². The predicted octanol–water partition coefficient (Wildman–Crippen LogP) is 1.67. The molecule has 0 N–H and O–H groups in total. The lowest BCUT2D eigenvalue weighted by Gasteiger charge is -2.30. The monoisotopic (exact) mass is 193 g/mol. The van der Waals surface area contributed by atoms with Crippen LogP contribution >= 0.6 is 0 Å². The number of hydrogen-bond donors (Lipinski definition) is 0. The molecule has 2 rings (SSSR count). The first-order chi connectivity index (χ1) is 6.50. The van der Waals surface area contributed by atoms with E-state index in [4.69, 9.17) is 4.74 Å². The maximum absolute atomic E-state index is 11.7. The molecule has 14 heavy (non-hydrogen) atoms. The second-order valence-corrected chi connectivity index (χ2v) is 3.61. The Kier molecular flexibility index (Phi) is 1.83. The Bertz CT molecular complexity index is 398. The molecule has 4 heteroatoms. The Labute approximate surface area is 81.9 Å². The van der Waals surface area contributed by atoms with E-state index in [0.29, 0.717) is 17.0 Å². The van der Waals surface area contributed by atoms with Crippen molar-refractivity contribution < 1.29 is 9.53 Å². The highest BCUT2D eigenvalue weighted by molar-refractivity contribution is 5.95. The fraction of sp³-hybridized carbons (Fsp3) is 0.300. The molecule has 0 saturated heterocycles. The number of benzene rings is 1. The first kappa shape index (κ1) is 9.18. The minimum absolute atomic E-state index is 0.0246. The number of rotatable bonds is 1. The van der Waals surface area contributed by atoms with Gasteiger partial charge in [-0.25, -0.2) is 0 Å². The number of ether oxygens (including phenoxy) is 1. The van der Waals surface area contributed by atoms with E-state index in [1.807, 2.05) is 0 Å². The molecule has 0 saturated carbocycles. The second-order valence-electron chi connectivity index (χ2n) is 3.61. The molecule has 1 aliphatic heterocycles. The first-order valence-electron chi connectivity index (χ1n) is 4.35. The summed E-state index contributed by atoms with van der Waals surface area (Å²) in [7, 11) is 1.53. The molecule has 0 amide bonds. The third-order valence-electron chi connectivity index (χ3n) is 2.34. The third-order valence-corrected chi connectivity index (χ3v) is 2.34. The zero-order valence-corrected chi connectivity index (χ0v) is 8.11. The van der Waals surface area contributed by atoms with Gasteiger partial charge in [-0.15, -0.1) is 0 Å². The zero-order chi connectivity index (χ0) is 10.3. The summed E-state index contributed by atoms with van der Waals surface area (Å²) in [5.41, 5.74) is 1.15. The van der Waals surface area contributed by atoms with Crippen LogP contribution in [0.2, 0.25) is 0 Å². The topological polar surface area (TPSA) is 49.4 Å². The van der Waals surface area contributed by atoms with E-state index in [1.165, 1.54) is 14.0 Å². The quantitative estimate of drug-likeness (QED) is 0.387. The summed E-state index contributed by atoms with van der Waals surface area (Å²) in [6.45, 7) is 1.57. The van der Waals surface area contributed by atoms with E-state index in [9.17, 15) is 10.0 Å². The van der Waals surface area contributed by atoms with Gasteiger partial charge in [0, 0.05) is 11.6 Å². The fourth-order valence-electron chi connectivity index (χ4n) is 1.50. The van der Waals surface area contributed by atoms with E-state index in [0.717, 1.165) is 0 Å². The largest absolute Gasteiger partial charge is 0.625 e. The molecule has 0 aliphatic carbocycles. The van der Waals surface area contributed by atoms with E-state index >= 15 is 0 Å². The van der Waals surface area contributed by atoms with Crippen LogP contribution in [0.25, 0.3) is 0 Å². The van der Waals surface area contributed by atoms with Crippen LogP contribution in [0.4, 0.5) is 5.69 Å². The number of ketones is 1. The van der Waals surface area contributed by atoms with Gasteiger partial charge in [-0.05, 0) is 19.1 Å². The Balaban J connectivity index is 2.49. The van der Waals surface area contributed by atoms with Crippen LogP contribution in [0.5, 0.6) is 5.75 Å². The fourth-order valence-corrected chi connectivity index (χ4v) is 1.50. The number of Topliss-reactive ketones (excluding diaryl/α,β-unsaturated/α-hetero) is 1. The number of nitrogens with zero attached hydrogens (tertiary/aromatic N) is 1. The maximum Gasteiger partial charge on any atom is 0.228 e. The van der Waals surface area contributed by atoms with E-state index in [2.05, 4.69) is 0 Å². The normalized spacial score (nSPS) is 24.2. The molecule has 1 unspecified atom stereocenters.